The van der Waals surface area contributed by atoms with Crippen LogP contribution in [0.1, 0.15) is 32.3 Å². The van der Waals surface area contributed by atoms with E-state index in [1.54, 1.807) is 12.1 Å². The molecular weight excluding hydrogens is 305 g/mol. The van der Waals surface area contributed by atoms with Gasteiger partial charge in [0, 0.05) is 25.7 Å². The summed E-state index contributed by atoms with van der Waals surface area (Å²) in [6, 6.07) is 6.89. The molecule has 136 valence electrons. The number of piperidine rings is 1. The molecule has 1 aliphatic heterocycles. The van der Waals surface area contributed by atoms with Crippen molar-refractivity contribution in [2.75, 3.05) is 39.3 Å². The van der Waals surface area contributed by atoms with E-state index in [2.05, 4.69) is 29.0 Å². The Bertz CT molecular complexity index is 481. The van der Waals surface area contributed by atoms with Gasteiger partial charge in [-0.1, -0.05) is 26.0 Å². The van der Waals surface area contributed by atoms with E-state index in [-0.39, 0.29) is 18.0 Å². The number of nitrogens with one attached hydrogen (secondary N) is 1. The number of aliphatic hydroxyl groups is 1. The summed E-state index contributed by atoms with van der Waals surface area (Å²) in [5, 5.41) is 13.9. The second-order valence-electron chi connectivity index (χ2n) is 6.66. The van der Waals surface area contributed by atoms with Crippen LogP contribution in [0.5, 0.6) is 0 Å². The molecule has 5 heteroatoms. The monoisotopic (exact) mass is 337 g/mol. The standard InChI is InChI=1S/C19H32FN3O/c1-3-22(4-2)11-6-10-21-18-9-12-23(15-19(18)24)14-16-7-5-8-17(20)13-16/h5,7-8,13,18-19,21,24H,3-4,6,9-12,14-15H2,1-2H3/t18-,19-/m1/s1. The lowest BCUT2D eigenvalue weighted by Crippen LogP contribution is -2.52. The van der Waals surface area contributed by atoms with E-state index >= 15 is 0 Å². The van der Waals surface area contributed by atoms with Crippen LogP contribution >= 0.6 is 0 Å². The number of benzene rings is 1. The maximum Gasteiger partial charge on any atom is 0.123 e. The average Bonchev–Trinajstić information content (AvgIpc) is 2.57. The van der Waals surface area contributed by atoms with Crippen LogP contribution in [0.15, 0.2) is 24.3 Å². The highest BCUT2D eigenvalue weighted by atomic mass is 19.1. The second-order valence-corrected chi connectivity index (χ2v) is 6.66. The normalized spacial score (nSPS) is 22.2. The Balaban J connectivity index is 1.69. The minimum Gasteiger partial charge on any atom is -0.390 e. The van der Waals surface area contributed by atoms with Crippen molar-refractivity contribution in [3.63, 3.8) is 0 Å². The first-order valence-electron chi connectivity index (χ1n) is 9.23. The molecule has 2 atom stereocenters. The Kier molecular flexibility index (Phi) is 8.12. The summed E-state index contributed by atoms with van der Waals surface area (Å²) >= 11 is 0. The number of hydrogen-bond donors (Lipinski definition) is 2. The third-order valence-electron chi connectivity index (χ3n) is 4.91. The molecule has 0 spiro atoms. The van der Waals surface area contributed by atoms with Crippen molar-refractivity contribution in [3.8, 4) is 0 Å². The van der Waals surface area contributed by atoms with Crippen LogP contribution in [-0.4, -0.2) is 66.3 Å². The lowest BCUT2D eigenvalue weighted by molar-refractivity contribution is 0.0369. The fraction of sp³-hybridized carbons (Fsp3) is 0.684. The lowest BCUT2D eigenvalue weighted by Gasteiger charge is -2.36. The first-order valence-corrected chi connectivity index (χ1v) is 9.23. The van der Waals surface area contributed by atoms with Crippen molar-refractivity contribution in [3.05, 3.63) is 35.6 Å². The molecule has 4 nitrogen and oxygen atoms in total. The molecule has 24 heavy (non-hydrogen) atoms. The molecule has 0 saturated carbocycles. The van der Waals surface area contributed by atoms with Crippen molar-refractivity contribution in [1.29, 1.82) is 0 Å². The molecule has 0 unspecified atom stereocenters. The average molecular weight is 337 g/mol. The zero-order valence-corrected chi connectivity index (χ0v) is 15.0. The lowest BCUT2D eigenvalue weighted by atomic mass is 10.0. The van der Waals surface area contributed by atoms with Crippen molar-refractivity contribution in [2.45, 2.75) is 45.4 Å². The highest BCUT2D eigenvalue weighted by Gasteiger charge is 2.27. The van der Waals surface area contributed by atoms with E-state index in [4.69, 9.17) is 0 Å². The summed E-state index contributed by atoms with van der Waals surface area (Å²) in [5.41, 5.74) is 0.966. The number of halogens is 1. The van der Waals surface area contributed by atoms with E-state index in [9.17, 15) is 9.50 Å². The second kappa shape index (κ2) is 10.1. The highest BCUT2D eigenvalue weighted by Crippen LogP contribution is 2.15. The Morgan fingerprint density at radius 3 is 2.79 bits per heavy atom. The molecule has 1 aromatic rings. The molecule has 2 N–H and O–H groups in total. The van der Waals surface area contributed by atoms with Gasteiger partial charge in [0.15, 0.2) is 0 Å². The van der Waals surface area contributed by atoms with E-state index in [1.165, 1.54) is 6.07 Å². The van der Waals surface area contributed by atoms with E-state index in [1.807, 2.05) is 6.07 Å². The summed E-state index contributed by atoms with van der Waals surface area (Å²) in [4.78, 5) is 4.62. The van der Waals surface area contributed by atoms with Crippen LogP contribution in [0.25, 0.3) is 0 Å². The van der Waals surface area contributed by atoms with Crippen LogP contribution in [0.3, 0.4) is 0 Å². The summed E-state index contributed by atoms with van der Waals surface area (Å²) < 4.78 is 13.3. The Morgan fingerprint density at radius 2 is 2.12 bits per heavy atom. The van der Waals surface area contributed by atoms with Crippen LogP contribution in [-0.2, 0) is 6.54 Å². The first kappa shape index (κ1) is 19.3. The van der Waals surface area contributed by atoms with E-state index < -0.39 is 0 Å². The zero-order chi connectivity index (χ0) is 17.4. The van der Waals surface area contributed by atoms with Gasteiger partial charge in [0.1, 0.15) is 5.82 Å². The minimum absolute atomic E-state index is 0.172. The van der Waals surface area contributed by atoms with Crippen molar-refractivity contribution in [1.82, 2.24) is 15.1 Å². The molecule has 1 fully saturated rings. The predicted octanol–water partition coefficient (Wildman–Crippen LogP) is 2.08. The van der Waals surface area contributed by atoms with Gasteiger partial charge in [-0.3, -0.25) is 4.90 Å². The SMILES string of the molecule is CCN(CC)CCCN[C@@H]1CCN(Cc2cccc(F)c2)C[C@H]1O. The highest BCUT2D eigenvalue weighted by molar-refractivity contribution is 5.16. The molecule has 0 aliphatic carbocycles. The molecule has 1 aromatic carbocycles. The zero-order valence-electron chi connectivity index (χ0n) is 15.0. The quantitative estimate of drug-likeness (QED) is 0.677. The summed E-state index contributed by atoms with van der Waals surface area (Å²) in [6.45, 7) is 10.9. The minimum atomic E-state index is -0.360. The molecule has 0 bridgehead atoms. The van der Waals surface area contributed by atoms with Gasteiger partial charge in [-0.05, 0) is 56.7 Å². The number of hydrogen-bond acceptors (Lipinski definition) is 4. The van der Waals surface area contributed by atoms with Gasteiger partial charge >= 0.3 is 0 Å². The van der Waals surface area contributed by atoms with Gasteiger partial charge in [0.05, 0.1) is 6.10 Å². The Morgan fingerprint density at radius 1 is 1.33 bits per heavy atom. The van der Waals surface area contributed by atoms with Crippen molar-refractivity contribution >= 4 is 0 Å². The van der Waals surface area contributed by atoms with Gasteiger partial charge in [-0.15, -0.1) is 0 Å². The van der Waals surface area contributed by atoms with Crippen LogP contribution < -0.4 is 5.32 Å². The van der Waals surface area contributed by atoms with Gasteiger partial charge in [0.2, 0.25) is 0 Å². The van der Waals surface area contributed by atoms with E-state index in [0.29, 0.717) is 13.1 Å². The Labute approximate surface area is 145 Å². The molecular formula is C19H32FN3O. The molecule has 1 saturated heterocycles. The van der Waals surface area contributed by atoms with E-state index in [0.717, 1.165) is 51.1 Å². The van der Waals surface area contributed by atoms with Gasteiger partial charge < -0.3 is 15.3 Å². The van der Waals surface area contributed by atoms with Crippen LogP contribution in [0, 0.1) is 5.82 Å². The maximum absolute atomic E-state index is 13.3. The molecule has 0 amide bonds. The van der Waals surface area contributed by atoms with Gasteiger partial charge in [-0.2, -0.15) is 0 Å². The molecule has 2 rings (SSSR count). The number of nitrogens with zero attached hydrogens (tertiary/aromatic N) is 2. The third-order valence-corrected chi connectivity index (χ3v) is 4.91. The third kappa shape index (κ3) is 6.13. The van der Waals surface area contributed by atoms with Crippen LogP contribution in [0.4, 0.5) is 4.39 Å². The topological polar surface area (TPSA) is 38.7 Å². The fourth-order valence-corrected chi connectivity index (χ4v) is 3.40. The molecule has 0 aromatic heterocycles. The largest absolute Gasteiger partial charge is 0.390 e. The number of aliphatic hydroxyl groups excluding tert-OH is 1. The van der Waals surface area contributed by atoms with Gasteiger partial charge in [-0.25, -0.2) is 4.39 Å². The fourth-order valence-electron chi connectivity index (χ4n) is 3.40. The number of β-amino-alcohol motifs (C(OH)–C–C–N with tert-alkyl or cyclic N) is 1. The molecule has 1 heterocycles. The molecule has 1 aliphatic rings. The summed E-state index contributed by atoms with van der Waals surface area (Å²) in [6.07, 6.45) is 1.68. The number of likely N-dealkylation sites (tertiary alicyclic amines) is 1. The predicted molar refractivity (Wildman–Crippen MR) is 96.5 cm³/mol. The summed E-state index contributed by atoms with van der Waals surface area (Å²) in [5.74, 6) is -0.196. The van der Waals surface area contributed by atoms with Gasteiger partial charge in [0.25, 0.3) is 0 Å². The molecule has 0 radical (unpaired) electrons. The van der Waals surface area contributed by atoms with Crippen molar-refractivity contribution < 1.29 is 9.50 Å². The maximum atomic E-state index is 13.3. The first-order chi connectivity index (χ1) is 11.6. The summed E-state index contributed by atoms with van der Waals surface area (Å²) in [7, 11) is 0. The Hall–Kier alpha value is -1.01. The number of rotatable bonds is 9. The smallest absolute Gasteiger partial charge is 0.123 e. The van der Waals surface area contributed by atoms with Crippen LogP contribution in [0.2, 0.25) is 0 Å². The van der Waals surface area contributed by atoms with Crippen molar-refractivity contribution in [2.24, 2.45) is 0 Å².